The standard InChI is InChI=1S/C25H28BrNO3/c1-3-29-24-14-20(15-27-16-23(28)21-7-5-4-6-8-21)13-22(26)25(24)30-17-19-11-9-18(2)10-12-19/h4-14,23,27-28H,3,15-17H2,1-2H3/t23-/m0/s1. The van der Waals surface area contributed by atoms with Crippen LogP contribution in [0.3, 0.4) is 0 Å². The van der Waals surface area contributed by atoms with Crippen LogP contribution in [0.4, 0.5) is 0 Å². The molecule has 0 aromatic heterocycles. The molecule has 158 valence electrons. The number of rotatable bonds is 10. The van der Waals surface area contributed by atoms with Gasteiger partial charge in [0, 0.05) is 13.1 Å². The fourth-order valence-corrected chi connectivity index (χ4v) is 3.72. The van der Waals surface area contributed by atoms with Gasteiger partial charge in [-0.25, -0.2) is 0 Å². The quantitative estimate of drug-likeness (QED) is 0.408. The molecule has 0 aliphatic rings. The maximum Gasteiger partial charge on any atom is 0.175 e. The summed E-state index contributed by atoms with van der Waals surface area (Å²) >= 11 is 3.63. The number of halogens is 1. The Kier molecular flexibility index (Phi) is 8.31. The Bertz CT molecular complexity index is 929. The van der Waals surface area contributed by atoms with Gasteiger partial charge in [-0.15, -0.1) is 0 Å². The third kappa shape index (κ3) is 6.33. The number of hydrogen-bond donors (Lipinski definition) is 2. The summed E-state index contributed by atoms with van der Waals surface area (Å²) in [6, 6.07) is 22.0. The zero-order valence-electron chi connectivity index (χ0n) is 17.4. The smallest absolute Gasteiger partial charge is 0.175 e. The summed E-state index contributed by atoms with van der Waals surface area (Å²) in [4.78, 5) is 0. The van der Waals surface area contributed by atoms with Gasteiger partial charge >= 0.3 is 0 Å². The molecule has 0 aliphatic heterocycles. The van der Waals surface area contributed by atoms with Crippen LogP contribution in [-0.4, -0.2) is 18.3 Å². The van der Waals surface area contributed by atoms with Crippen LogP contribution >= 0.6 is 15.9 Å². The average molecular weight is 470 g/mol. The minimum absolute atomic E-state index is 0.470. The van der Waals surface area contributed by atoms with Crippen molar-refractivity contribution in [3.05, 3.63) is 93.5 Å². The normalized spacial score (nSPS) is 11.9. The second-order valence-electron chi connectivity index (χ2n) is 7.17. The molecule has 0 aliphatic carbocycles. The highest BCUT2D eigenvalue weighted by atomic mass is 79.9. The SMILES string of the molecule is CCOc1cc(CNC[C@H](O)c2ccccc2)cc(Br)c1OCc1ccc(C)cc1. The minimum atomic E-state index is -0.543. The lowest BCUT2D eigenvalue weighted by molar-refractivity contribution is 0.174. The van der Waals surface area contributed by atoms with Crippen molar-refractivity contribution in [3.8, 4) is 11.5 Å². The monoisotopic (exact) mass is 469 g/mol. The molecule has 1 atom stereocenters. The molecule has 30 heavy (non-hydrogen) atoms. The van der Waals surface area contributed by atoms with E-state index in [4.69, 9.17) is 9.47 Å². The van der Waals surface area contributed by atoms with Crippen LogP contribution in [0.5, 0.6) is 11.5 Å². The summed E-state index contributed by atoms with van der Waals surface area (Å²) in [5, 5.41) is 13.6. The summed E-state index contributed by atoms with van der Waals surface area (Å²) in [5.74, 6) is 1.41. The first-order valence-electron chi connectivity index (χ1n) is 10.1. The van der Waals surface area contributed by atoms with Gasteiger partial charge in [-0.05, 0) is 58.6 Å². The van der Waals surface area contributed by atoms with Crippen LogP contribution in [-0.2, 0) is 13.2 Å². The van der Waals surface area contributed by atoms with Crippen molar-refractivity contribution in [1.29, 1.82) is 0 Å². The van der Waals surface area contributed by atoms with Gasteiger partial charge in [-0.3, -0.25) is 0 Å². The Morgan fingerprint density at radius 2 is 1.70 bits per heavy atom. The van der Waals surface area contributed by atoms with Crippen molar-refractivity contribution >= 4 is 15.9 Å². The van der Waals surface area contributed by atoms with Crippen LogP contribution in [0.25, 0.3) is 0 Å². The van der Waals surface area contributed by atoms with E-state index in [2.05, 4.69) is 52.4 Å². The number of aryl methyl sites for hydroxylation is 1. The van der Waals surface area contributed by atoms with E-state index >= 15 is 0 Å². The average Bonchev–Trinajstić information content (AvgIpc) is 2.75. The highest BCUT2D eigenvalue weighted by molar-refractivity contribution is 9.10. The maximum absolute atomic E-state index is 10.3. The molecule has 0 fully saturated rings. The molecular weight excluding hydrogens is 442 g/mol. The summed E-state index contributed by atoms with van der Waals surface area (Å²) in [6.07, 6.45) is -0.543. The van der Waals surface area contributed by atoms with Crippen molar-refractivity contribution in [2.45, 2.75) is 33.1 Å². The Morgan fingerprint density at radius 1 is 0.967 bits per heavy atom. The molecule has 0 radical (unpaired) electrons. The molecule has 5 heteroatoms. The molecule has 0 saturated carbocycles. The number of ether oxygens (including phenoxy) is 2. The van der Waals surface area contributed by atoms with E-state index in [9.17, 15) is 5.11 Å². The molecule has 0 unspecified atom stereocenters. The predicted molar refractivity (Wildman–Crippen MR) is 124 cm³/mol. The first-order chi connectivity index (χ1) is 14.6. The number of benzene rings is 3. The molecule has 0 heterocycles. The lowest BCUT2D eigenvalue weighted by Crippen LogP contribution is -2.21. The van der Waals surface area contributed by atoms with Gasteiger partial charge in [0.15, 0.2) is 11.5 Å². The number of hydrogen-bond acceptors (Lipinski definition) is 4. The molecule has 4 nitrogen and oxygen atoms in total. The van der Waals surface area contributed by atoms with Gasteiger partial charge in [-0.1, -0.05) is 60.2 Å². The molecule has 3 rings (SSSR count). The van der Waals surface area contributed by atoms with Crippen LogP contribution in [0, 0.1) is 6.92 Å². The Morgan fingerprint density at radius 3 is 2.40 bits per heavy atom. The van der Waals surface area contributed by atoms with Crippen LogP contribution in [0.15, 0.2) is 71.2 Å². The molecule has 0 saturated heterocycles. The zero-order chi connectivity index (χ0) is 21.3. The van der Waals surface area contributed by atoms with Crippen molar-refractivity contribution in [2.24, 2.45) is 0 Å². The first-order valence-corrected chi connectivity index (χ1v) is 10.9. The highest BCUT2D eigenvalue weighted by Crippen LogP contribution is 2.37. The van der Waals surface area contributed by atoms with E-state index < -0.39 is 6.10 Å². The second kappa shape index (κ2) is 11.2. The van der Waals surface area contributed by atoms with Gasteiger partial charge in [0.1, 0.15) is 6.61 Å². The van der Waals surface area contributed by atoms with Gasteiger partial charge < -0.3 is 19.9 Å². The van der Waals surface area contributed by atoms with Crippen molar-refractivity contribution in [3.63, 3.8) is 0 Å². The maximum atomic E-state index is 10.3. The van der Waals surface area contributed by atoms with Crippen LogP contribution in [0.2, 0.25) is 0 Å². The zero-order valence-corrected chi connectivity index (χ0v) is 19.0. The largest absolute Gasteiger partial charge is 0.490 e. The van der Waals surface area contributed by atoms with Crippen LogP contribution in [0.1, 0.15) is 35.3 Å². The van der Waals surface area contributed by atoms with E-state index in [-0.39, 0.29) is 0 Å². The Labute approximate surface area is 187 Å². The van der Waals surface area contributed by atoms with E-state index in [0.717, 1.165) is 21.2 Å². The fraction of sp³-hybridized carbons (Fsp3) is 0.280. The number of nitrogens with one attached hydrogen (secondary N) is 1. The minimum Gasteiger partial charge on any atom is -0.490 e. The number of aliphatic hydroxyl groups is 1. The highest BCUT2D eigenvalue weighted by Gasteiger charge is 2.13. The van der Waals surface area contributed by atoms with Gasteiger partial charge in [0.25, 0.3) is 0 Å². The van der Waals surface area contributed by atoms with E-state index in [0.29, 0.717) is 37.8 Å². The van der Waals surface area contributed by atoms with Crippen LogP contribution < -0.4 is 14.8 Å². The third-order valence-electron chi connectivity index (χ3n) is 4.72. The van der Waals surface area contributed by atoms with E-state index in [1.54, 1.807) is 0 Å². The molecule has 0 amide bonds. The molecular formula is C25H28BrNO3. The Balaban J connectivity index is 1.64. The van der Waals surface area contributed by atoms with Crippen molar-refractivity contribution < 1.29 is 14.6 Å². The van der Waals surface area contributed by atoms with Gasteiger partial charge in [0.05, 0.1) is 17.2 Å². The Hall–Kier alpha value is -2.34. The summed E-state index contributed by atoms with van der Waals surface area (Å²) < 4.78 is 12.7. The van der Waals surface area contributed by atoms with Gasteiger partial charge in [-0.2, -0.15) is 0 Å². The molecule has 2 N–H and O–H groups in total. The van der Waals surface area contributed by atoms with E-state index in [1.807, 2.05) is 49.4 Å². The van der Waals surface area contributed by atoms with E-state index in [1.165, 1.54) is 5.56 Å². The lowest BCUT2D eigenvalue weighted by Gasteiger charge is -2.17. The molecule has 0 bridgehead atoms. The lowest BCUT2D eigenvalue weighted by atomic mass is 10.1. The summed E-state index contributed by atoms with van der Waals surface area (Å²) in [5.41, 5.74) is 4.29. The second-order valence-corrected chi connectivity index (χ2v) is 8.02. The van der Waals surface area contributed by atoms with Crippen molar-refractivity contribution in [1.82, 2.24) is 5.32 Å². The predicted octanol–water partition coefficient (Wildman–Crippen LogP) is 5.56. The molecule has 0 spiro atoms. The molecule has 3 aromatic carbocycles. The third-order valence-corrected chi connectivity index (χ3v) is 5.31. The van der Waals surface area contributed by atoms with Gasteiger partial charge in [0.2, 0.25) is 0 Å². The fourth-order valence-electron chi connectivity index (χ4n) is 3.11. The molecule has 3 aromatic rings. The summed E-state index contributed by atoms with van der Waals surface area (Å²) in [7, 11) is 0. The number of aliphatic hydroxyl groups excluding tert-OH is 1. The summed E-state index contributed by atoms with van der Waals surface area (Å²) in [6.45, 7) is 6.13. The first kappa shape index (κ1) is 22.3. The van der Waals surface area contributed by atoms with Crippen molar-refractivity contribution in [2.75, 3.05) is 13.2 Å². The topological polar surface area (TPSA) is 50.7 Å².